The van der Waals surface area contributed by atoms with Crippen LogP contribution < -0.4 is 0 Å². The van der Waals surface area contributed by atoms with Gasteiger partial charge < -0.3 is 23.7 Å². The van der Waals surface area contributed by atoms with Crippen LogP contribution in [0, 0.1) is 52.3 Å². The highest BCUT2D eigenvalue weighted by molar-refractivity contribution is 5.68. The molecule has 44 heavy (non-hydrogen) atoms. The van der Waals surface area contributed by atoms with Crippen LogP contribution in [-0.4, -0.2) is 61.0 Å². The third-order valence-electron chi connectivity index (χ3n) is 12.7. The van der Waals surface area contributed by atoms with Gasteiger partial charge >= 0.3 is 23.9 Å². The third kappa shape index (κ3) is 6.15. The summed E-state index contributed by atoms with van der Waals surface area (Å²) in [6, 6.07) is 0. The molecule has 5 rings (SSSR count). The lowest BCUT2D eigenvalue weighted by Crippen LogP contribution is -2.62. The fraction of sp³-hybridized carbons (Fsp3) is 0.886. The molecule has 0 amide bonds. The maximum Gasteiger partial charge on any atom is 0.303 e. The maximum absolute atomic E-state index is 12.4. The minimum absolute atomic E-state index is 0.0163. The molecule has 14 atom stereocenters. The molecule has 1 unspecified atom stereocenters. The molecule has 0 aromatic heterocycles. The number of carbonyl (C=O) groups is 4. The highest BCUT2D eigenvalue weighted by atomic mass is 16.6. The molecular weight excluding hydrogens is 564 g/mol. The number of carbonyl (C=O) groups excluding carboxylic acids is 4. The third-order valence-corrected chi connectivity index (χ3v) is 12.7. The average molecular weight is 619 g/mol. The first-order valence-electron chi connectivity index (χ1n) is 16.9. The van der Waals surface area contributed by atoms with Crippen LogP contribution in [-0.2, 0) is 42.9 Å². The van der Waals surface area contributed by atoms with Gasteiger partial charge in [0.2, 0.25) is 0 Å². The van der Waals surface area contributed by atoms with Crippen molar-refractivity contribution in [3.63, 3.8) is 0 Å². The Morgan fingerprint density at radius 3 is 2.07 bits per heavy atom. The van der Waals surface area contributed by atoms with E-state index in [-0.39, 0.29) is 53.0 Å². The molecule has 4 saturated carbocycles. The van der Waals surface area contributed by atoms with Crippen LogP contribution in [0.15, 0.2) is 0 Å². The Hall–Kier alpha value is -2.16. The molecule has 1 saturated heterocycles. The SMILES string of the molecule is CC(=O)OC[C@H](C)CCC1O[C@H]2C[C@H]3[C@@H]4C[C@@H](OC(C)=O)[C@H]5C[C@H](OC(C)=O)[C@H](OC(C)=O)C[C@]5(C)[C@H]4CC[C@]3(C)[C@H]2[C@@H]1C. The van der Waals surface area contributed by atoms with Crippen molar-refractivity contribution in [3.05, 3.63) is 0 Å². The van der Waals surface area contributed by atoms with E-state index < -0.39 is 18.2 Å². The van der Waals surface area contributed by atoms with Gasteiger partial charge in [0.15, 0.2) is 0 Å². The van der Waals surface area contributed by atoms with Crippen molar-refractivity contribution >= 4 is 23.9 Å². The lowest BCUT2D eigenvalue weighted by Gasteiger charge is -2.63. The van der Waals surface area contributed by atoms with Crippen molar-refractivity contribution in [3.8, 4) is 0 Å². The van der Waals surface area contributed by atoms with Crippen LogP contribution in [0.25, 0.3) is 0 Å². The van der Waals surface area contributed by atoms with Crippen LogP contribution in [0.2, 0.25) is 0 Å². The van der Waals surface area contributed by atoms with E-state index in [9.17, 15) is 19.2 Å². The van der Waals surface area contributed by atoms with Gasteiger partial charge in [0.25, 0.3) is 0 Å². The fourth-order valence-electron chi connectivity index (χ4n) is 11.1. The summed E-state index contributed by atoms with van der Waals surface area (Å²) in [6.45, 7) is 15.5. The lowest BCUT2D eigenvalue weighted by atomic mass is 9.43. The zero-order valence-electron chi connectivity index (χ0n) is 28.0. The molecule has 9 heteroatoms. The topological polar surface area (TPSA) is 114 Å². The van der Waals surface area contributed by atoms with Crippen molar-refractivity contribution in [1.82, 2.24) is 0 Å². The Labute approximate surface area is 262 Å². The summed E-state index contributed by atoms with van der Waals surface area (Å²) in [5.74, 6) is 1.16. The van der Waals surface area contributed by atoms with Crippen LogP contribution in [0.4, 0.5) is 0 Å². The van der Waals surface area contributed by atoms with Crippen LogP contribution in [0.5, 0.6) is 0 Å². The molecule has 0 aromatic carbocycles. The summed E-state index contributed by atoms with van der Waals surface area (Å²) in [4.78, 5) is 47.8. The molecule has 5 fully saturated rings. The first-order valence-corrected chi connectivity index (χ1v) is 16.9. The molecule has 9 nitrogen and oxygen atoms in total. The molecule has 0 radical (unpaired) electrons. The Kier molecular flexibility index (Phi) is 9.48. The van der Waals surface area contributed by atoms with Gasteiger partial charge in [0, 0.05) is 33.6 Å². The number of ether oxygens (including phenoxy) is 5. The van der Waals surface area contributed by atoms with Crippen molar-refractivity contribution in [2.24, 2.45) is 52.3 Å². The van der Waals surface area contributed by atoms with Gasteiger partial charge in [0.05, 0.1) is 18.8 Å². The maximum atomic E-state index is 12.4. The normalized spacial score (nSPS) is 44.7. The number of hydrogen-bond donors (Lipinski definition) is 0. The van der Waals surface area contributed by atoms with Gasteiger partial charge in [-0.2, -0.15) is 0 Å². The predicted octanol–water partition coefficient (Wildman–Crippen LogP) is 5.65. The summed E-state index contributed by atoms with van der Waals surface area (Å²) in [6.07, 6.45) is 6.15. The molecule has 4 aliphatic carbocycles. The second kappa shape index (κ2) is 12.6. The summed E-state index contributed by atoms with van der Waals surface area (Å²) < 4.78 is 29.7. The minimum Gasteiger partial charge on any atom is -0.466 e. The summed E-state index contributed by atoms with van der Waals surface area (Å²) in [5, 5.41) is 0. The van der Waals surface area contributed by atoms with Gasteiger partial charge in [-0.25, -0.2) is 0 Å². The quantitative estimate of drug-likeness (QED) is 0.251. The Balaban J connectivity index is 1.36. The number of rotatable bonds is 8. The smallest absolute Gasteiger partial charge is 0.303 e. The molecule has 0 N–H and O–H groups in total. The molecule has 1 heterocycles. The first kappa shape index (κ1) is 33.2. The van der Waals surface area contributed by atoms with E-state index in [1.807, 2.05) is 0 Å². The Bertz CT molecular complexity index is 1120. The largest absolute Gasteiger partial charge is 0.466 e. The summed E-state index contributed by atoms with van der Waals surface area (Å²) in [7, 11) is 0. The molecule has 0 spiro atoms. The average Bonchev–Trinajstić information content (AvgIpc) is 3.39. The number of hydrogen-bond acceptors (Lipinski definition) is 9. The number of fused-ring (bicyclic) bond motifs is 7. The van der Waals surface area contributed by atoms with Gasteiger partial charge in [-0.05, 0) is 97.7 Å². The van der Waals surface area contributed by atoms with Gasteiger partial charge in [-0.3, -0.25) is 19.2 Å². The highest BCUT2D eigenvalue weighted by Crippen LogP contribution is 2.70. The molecule has 0 aromatic rings. The molecule has 248 valence electrons. The minimum atomic E-state index is -0.549. The van der Waals surface area contributed by atoms with Crippen LogP contribution in [0.1, 0.15) is 107 Å². The number of esters is 4. The fourth-order valence-corrected chi connectivity index (χ4v) is 11.1. The second-order valence-corrected chi connectivity index (χ2v) is 15.5. The van der Waals surface area contributed by atoms with E-state index in [1.165, 1.54) is 27.7 Å². The van der Waals surface area contributed by atoms with E-state index in [0.717, 1.165) is 38.5 Å². The zero-order valence-corrected chi connectivity index (χ0v) is 28.0. The molecular formula is C35H54O9. The lowest BCUT2D eigenvalue weighted by molar-refractivity contribution is -0.219. The van der Waals surface area contributed by atoms with Crippen molar-refractivity contribution in [2.45, 2.75) is 137 Å². The van der Waals surface area contributed by atoms with Crippen molar-refractivity contribution in [2.75, 3.05) is 6.61 Å². The predicted molar refractivity (Wildman–Crippen MR) is 161 cm³/mol. The monoisotopic (exact) mass is 618 g/mol. The Morgan fingerprint density at radius 1 is 0.795 bits per heavy atom. The van der Waals surface area contributed by atoms with Gasteiger partial charge in [-0.15, -0.1) is 0 Å². The zero-order chi connectivity index (χ0) is 32.1. The summed E-state index contributed by atoms with van der Waals surface area (Å²) >= 11 is 0. The van der Waals surface area contributed by atoms with Crippen molar-refractivity contribution in [1.29, 1.82) is 0 Å². The van der Waals surface area contributed by atoms with E-state index >= 15 is 0 Å². The van der Waals surface area contributed by atoms with Crippen LogP contribution in [0.3, 0.4) is 0 Å². The highest BCUT2D eigenvalue weighted by Gasteiger charge is 2.68. The van der Waals surface area contributed by atoms with E-state index in [1.54, 1.807) is 0 Å². The summed E-state index contributed by atoms with van der Waals surface area (Å²) in [5.41, 5.74) is -0.0938. The standard InChI is InChI=1S/C35H54O9/c1-18(17-40-20(3)36)9-10-28-19(2)33-31(44-28)14-26-24-13-29(41-21(4)37)27-15-30(42-22(5)38)32(43-23(6)39)16-35(27,8)25(24)11-12-34(26,33)7/h18-19,24-33H,9-17H2,1-8H3/t18-,19-,24-,25+,26+,27-,28?,29-,30+,31+,32-,33+,34+,35-/m1/s1. The van der Waals surface area contributed by atoms with E-state index in [0.29, 0.717) is 55.0 Å². The first-order chi connectivity index (χ1) is 20.6. The van der Waals surface area contributed by atoms with Crippen molar-refractivity contribution < 1.29 is 42.9 Å². The van der Waals surface area contributed by atoms with Gasteiger partial charge in [0.1, 0.15) is 18.3 Å². The Morgan fingerprint density at radius 2 is 1.43 bits per heavy atom. The van der Waals surface area contributed by atoms with Gasteiger partial charge in [-0.1, -0.05) is 27.7 Å². The molecule has 1 aliphatic heterocycles. The van der Waals surface area contributed by atoms with Crippen LogP contribution >= 0.6 is 0 Å². The van der Waals surface area contributed by atoms with E-state index in [4.69, 9.17) is 23.7 Å². The second-order valence-electron chi connectivity index (χ2n) is 15.5. The van der Waals surface area contributed by atoms with E-state index in [2.05, 4.69) is 27.7 Å². The molecule has 5 aliphatic rings. The molecule has 0 bridgehead atoms.